The van der Waals surface area contributed by atoms with E-state index in [1.54, 1.807) is 0 Å². The first-order valence-corrected chi connectivity index (χ1v) is 6.64. The molecule has 17 heavy (non-hydrogen) atoms. The molecule has 0 saturated carbocycles. The number of unbranched alkanes of at least 4 members (excludes halogenated alkanes) is 1. The summed E-state index contributed by atoms with van der Waals surface area (Å²) in [6.45, 7) is 6.77. The highest BCUT2D eigenvalue weighted by molar-refractivity contribution is 5.24. The fraction of sp³-hybridized carbons (Fsp3) is 0.600. The summed E-state index contributed by atoms with van der Waals surface area (Å²) in [4.78, 5) is 0. The molecular weight excluding hydrogens is 210 g/mol. The highest BCUT2D eigenvalue weighted by Gasteiger charge is 1.98. The zero-order valence-electron chi connectivity index (χ0n) is 11.1. The van der Waals surface area contributed by atoms with Gasteiger partial charge in [0.2, 0.25) is 0 Å². The van der Waals surface area contributed by atoms with Gasteiger partial charge in [0.05, 0.1) is 0 Å². The van der Waals surface area contributed by atoms with E-state index in [2.05, 4.69) is 43.4 Å². The minimum absolute atomic E-state index is 0.304. The smallest absolute Gasteiger partial charge is 0.0431 e. The number of aliphatic hydroxyl groups excluding tert-OH is 1. The van der Waals surface area contributed by atoms with Crippen LogP contribution in [0, 0.1) is 0 Å². The second-order valence-corrected chi connectivity index (χ2v) is 4.83. The van der Waals surface area contributed by atoms with Crippen molar-refractivity contribution < 1.29 is 5.11 Å². The molecule has 0 radical (unpaired) electrons. The molecule has 96 valence electrons. The van der Waals surface area contributed by atoms with Crippen LogP contribution in [0.4, 0.5) is 0 Å². The topological polar surface area (TPSA) is 32.3 Å². The minimum atomic E-state index is 0.304. The third-order valence-electron chi connectivity index (χ3n) is 3.00. The Morgan fingerprint density at radius 3 is 2.35 bits per heavy atom. The number of rotatable bonds is 8. The summed E-state index contributed by atoms with van der Waals surface area (Å²) >= 11 is 0. The Morgan fingerprint density at radius 2 is 1.76 bits per heavy atom. The van der Waals surface area contributed by atoms with Crippen molar-refractivity contribution >= 4 is 0 Å². The predicted octanol–water partition coefficient (Wildman–Crippen LogP) is 2.71. The first-order valence-electron chi connectivity index (χ1n) is 6.64. The number of benzene rings is 1. The van der Waals surface area contributed by atoms with Crippen molar-refractivity contribution in [2.24, 2.45) is 0 Å². The van der Waals surface area contributed by atoms with E-state index < -0.39 is 0 Å². The lowest BCUT2D eigenvalue weighted by Crippen LogP contribution is -2.18. The third kappa shape index (κ3) is 5.85. The summed E-state index contributed by atoms with van der Waals surface area (Å²) in [5, 5.41) is 12.0. The number of hydrogen-bond donors (Lipinski definition) is 2. The molecule has 0 saturated heterocycles. The number of nitrogens with one attached hydrogen (secondary N) is 1. The summed E-state index contributed by atoms with van der Waals surface area (Å²) < 4.78 is 0. The van der Waals surface area contributed by atoms with Crippen LogP contribution in [0.25, 0.3) is 0 Å². The maximum Gasteiger partial charge on any atom is 0.0431 e. The van der Waals surface area contributed by atoms with Crippen LogP contribution < -0.4 is 5.32 Å². The van der Waals surface area contributed by atoms with Gasteiger partial charge in [0.25, 0.3) is 0 Å². The first kappa shape index (κ1) is 14.2. The molecule has 0 unspecified atom stereocenters. The summed E-state index contributed by atoms with van der Waals surface area (Å²) in [6.07, 6.45) is 3.04. The summed E-state index contributed by atoms with van der Waals surface area (Å²) in [5.41, 5.74) is 2.80. The molecule has 1 aromatic rings. The van der Waals surface area contributed by atoms with Gasteiger partial charge >= 0.3 is 0 Å². The van der Waals surface area contributed by atoms with Gasteiger partial charge in [-0.1, -0.05) is 38.1 Å². The molecule has 0 spiro atoms. The van der Waals surface area contributed by atoms with Crippen LogP contribution in [-0.4, -0.2) is 24.8 Å². The molecular formula is C15H25NO. The van der Waals surface area contributed by atoms with Gasteiger partial charge in [0.15, 0.2) is 0 Å². The third-order valence-corrected chi connectivity index (χ3v) is 3.00. The van der Waals surface area contributed by atoms with Gasteiger partial charge in [-0.3, -0.25) is 0 Å². The van der Waals surface area contributed by atoms with Crippen molar-refractivity contribution in [1.29, 1.82) is 0 Å². The Balaban J connectivity index is 2.19. The standard InChI is InChI=1S/C15H25NO/c1-13(2)15-7-5-14(6-8-15)9-11-16-10-3-4-12-17/h5-8,13,16-17H,3-4,9-12H2,1-2H3. The second kappa shape index (κ2) is 8.26. The van der Waals surface area contributed by atoms with Crippen LogP contribution in [-0.2, 0) is 6.42 Å². The highest BCUT2D eigenvalue weighted by atomic mass is 16.2. The SMILES string of the molecule is CC(C)c1ccc(CCNCCCCO)cc1. The van der Waals surface area contributed by atoms with Crippen molar-refractivity contribution in [3.05, 3.63) is 35.4 Å². The number of aliphatic hydroxyl groups is 1. The lowest BCUT2D eigenvalue weighted by molar-refractivity contribution is 0.284. The highest BCUT2D eigenvalue weighted by Crippen LogP contribution is 2.14. The van der Waals surface area contributed by atoms with Crippen molar-refractivity contribution in [3.8, 4) is 0 Å². The van der Waals surface area contributed by atoms with Crippen molar-refractivity contribution in [2.75, 3.05) is 19.7 Å². The quantitative estimate of drug-likeness (QED) is 0.679. The van der Waals surface area contributed by atoms with Crippen molar-refractivity contribution in [1.82, 2.24) is 5.32 Å². The van der Waals surface area contributed by atoms with E-state index in [4.69, 9.17) is 5.11 Å². The molecule has 1 aromatic carbocycles. The second-order valence-electron chi connectivity index (χ2n) is 4.83. The van der Waals surface area contributed by atoms with Crippen LogP contribution in [0.1, 0.15) is 43.7 Å². The minimum Gasteiger partial charge on any atom is -0.396 e. The summed E-state index contributed by atoms with van der Waals surface area (Å²) in [6, 6.07) is 8.91. The molecule has 2 heteroatoms. The maximum absolute atomic E-state index is 8.64. The van der Waals surface area contributed by atoms with Gasteiger partial charge in [-0.15, -0.1) is 0 Å². The van der Waals surface area contributed by atoms with Gasteiger partial charge in [0, 0.05) is 6.61 Å². The average Bonchev–Trinajstić information content (AvgIpc) is 2.34. The molecule has 0 heterocycles. The van der Waals surface area contributed by atoms with E-state index in [0.29, 0.717) is 12.5 Å². The van der Waals surface area contributed by atoms with Crippen molar-refractivity contribution in [3.63, 3.8) is 0 Å². The zero-order valence-corrected chi connectivity index (χ0v) is 11.1. The van der Waals surface area contributed by atoms with Gasteiger partial charge in [-0.25, -0.2) is 0 Å². The largest absolute Gasteiger partial charge is 0.396 e. The Kier molecular flexibility index (Phi) is 6.90. The maximum atomic E-state index is 8.64. The molecule has 0 bridgehead atoms. The van der Waals surface area contributed by atoms with E-state index in [1.165, 1.54) is 11.1 Å². The molecule has 2 N–H and O–H groups in total. The molecule has 0 aliphatic rings. The predicted molar refractivity (Wildman–Crippen MR) is 73.4 cm³/mol. The zero-order chi connectivity index (χ0) is 12.5. The molecule has 0 aromatic heterocycles. The lowest BCUT2D eigenvalue weighted by atomic mass is 10.0. The molecule has 0 aliphatic carbocycles. The Morgan fingerprint density at radius 1 is 1.06 bits per heavy atom. The van der Waals surface area contributed by atoms with Crippen LogP contribution in [0.5, 0.6) is 0 Å². The van der Waals surface area contributed by atoms with E-state index in [9.17, 15) is 0 Å². The molecule has 0 aliphatic heterocycles. The molecule has 1 rings (SSSR count). The van der Waals surface area contributed by atoms with Gasteiger partial charge in [-0.2, -0.15) is 0 Å². The van der Waals surface area contributed by atoms with E-state index >= 15 is 0 Å². The molecule has 0 fully saturated rings. The van der Waals surface area contributed by atoms with Gasteiger partial charge < -0.3 is 10.4 Å². The van der Waals surface area contributed by atoms with Crippen molar-refractivity contribution in [2.45, 2.75) is 39.0 Å². The van der Waals surface area contributed by atoms with Gasteiger partial charge in [0.1, 0.15) is 0 Å². The van der Waals surface area contributed by atoms with E-state index in [1.807, 2.05) is 0 Å². The first-order chi connectivity index (χ1) is 8.24. The lowest BCUT2D eigenvalue weighted by Gasteiger charge is -2.07. The van der Waals surface area contributed by atoms with Gasteiger partial charge in [-0.05, 0) is 49.4 Å². The molecule has 2 nitrogen and oxygen atoms in total. The average molecular weight is 235 g/mol. The summed E-state index contributed by atoms with van der Waals surface area (Å²) in [5.74, 6) is 0.612. The van der Waals surface area contributed by atoms with E-state index in [-0.39, 0.29) is 0 Å². The fourth-order valence-corrected chi connectivity index (χ4v) is 1.79. The monoisotopic (exact) mass is 235 g/mol. The van der Waals surface area contributed by atoms with Crippen LogP contribution in [0.3, 0.4) is 0 Å². The fourth-order valence-electron chi connectivity index (χ4n) is 1.79. The Bertz CT molecular complexity index is 292. The Labute approximate surface area is 105 Å². The van der Waals surface area contributed by atoms with E-state index in [0.717, 1.165) is 32.4 Å². The van der Waals surface area contributed by atoms with Crippen LogP contribution in [0.2, 0.25) is 0 Å². The molecule has 0 atom stereocenters. The van der Waals surface area contributed by atoms with Crippen LogP contribution >= 0.6 is 0 Å². The van der Waals surface area contributed by atoms with Crippen LogP contribution in [0.15, 0.2) is 24.3 Å². The normalized spacial score (nSPS) is 11.1. The summed E-state index contributed by atoms with van der Waals surface area (Å²) in [7, 11) is 0. The number of hydrogen-bond acceptors (Lipinski definition) is 2. The molecule has 0 amide bonds. The Hall–Kier alpha value is -0.860.